The van der Waals surface area contributed by atoms with E-state index in [1.807, 2.05) is 25.4 Å². The molecule has 3 aromatic rings. The Kier molecular flexibility index (Phi) is 7.44. The molecule has 2 aliphatic heterocycles. The third kappa shape index (κ3) is 5.47. The van der Waals surface area contributed by atoms with Crippen LogP contribution in [0.4, 0.5) is 4.39 Å². The lowest BCUT2D eigenvalue weighted by molar-refractivity contribution is -0.141. The lowest BCUT2D eigenvalue weighted by Gasteiger charge is -2.45. The Morgan fingerprint density at radius 1 is 1.10 bits per heavy atom. The van der Waals surface area contributed by atoms with Crippen molar-refractivity contribution in [3.63, 3.8) is 0 Å². The van der Waals surface area contributed by atoms with Crippen molar-refractivity contribution in [2.24, 2.45) is 5.92 Å². The number of carbonyl (C=O) groups excluding carboxylic acids is 1. The number of likely N-dealkylation sites (tertiary alicyclic amines) is 1. The second-order valence-electron chi connectivity index (χ2n) is 11.4. The maximum Gasteiger partial charge on any atom is 0.241 e. The van der Waals surface area contributed by atoms with Crippen LogP contribution in [0.25, 0.3) is 0 Å². The van der Waals surface area contributed by atoms with E-state index in [0.717, 1.165) is 74.5 Å². The van der Waals surface area contributed by atoms with Crippen LogP contribution in [0.15, 0.2) is 43.0 Å². The van der Waals surface area contributed by atoms with E-state index in [4.69, 9.17) is 11.6 Å². The number of pyridine rings is 1. The van der Waals surface area contributed by atoms with Gasteiger partial charge in [-0.1, -0.05) is 17.7 Å². The van der Waals surface area contributed by atoms with Gasteiger partial charge in [-0.2, -0.15) is 0 Å². The second kappa shape index (κ2) is 11.0. The number of nitrogens with zero attached hydrogens (tertiary/aromatic N) is 6. The highest BCUT2D eigenvalue weighted by Crippen LogP contribution is 2.38. The Bertz CT molecular complexity index is 1310. The molecule has 1 unspecified atom stereocenters. The van der Waals surface area contributed by atoms with Gasteiger partial charge in [0.1, 0.15) is 11.9 Å². The van der Waals surface area contributed by atoms with E-state index in [-0.39, 0.29) is 23.8 Å². The van der Waals surface area contributed by atoms with Gasteiger partial charge >= 0.3 is 0 Å². The van der Waals surface area contributed by atoms with Gasteiger partial charge in [-0.05, 0) is 80.5 Å². The molecule has 39 heavy (non-hydrogen) atoms. The summed E-state index contributed by atoms with van der Waals surface area (Å²) in [4.78, 5) is 29.6. The first-order valence-corrected chi connectivity index (χ1v) is 14.4. The van der Waals surface area contributed by atoms with Crippen LogP contribution < -0.4 is 0 Å². The molecule has 9 heteroatoms. The van der Waals surface area contributed by atoms with Gasteiger partial charge in [0.25, 0.3) is 0 Å². The minimum Gasteiger partial charge on any atom is -0.341 e. The summed E-state index contributed by atoms with van der Waals surface area (Å²) in [6.07, 6.45) is 8.92. The van der Waals surface area contributed by atoms with Gasteiger partial charge in [-0.15, -0.1) is 0 Å². The lowest BCUT2D eigenvalue weighted by atomic mass is 9.94. The molecule has 2 aromatic heterocycles. The van der Waals surface area contributed by atoms with Gasteiger partial charge in [-0.3, -0.25) is 19.6 Å². The summed E-state index contributed by atoms with van der Waals surface area (Å²) >= 11 is 6.38. The van der Waals surface area contributed by atoms with E-state index in [1.54, 1.807) is 6.07 Å². The summed E-state index contributed by atoms with van der Waals surface area (Å²) in [5.41, 5.74) is 5.16. The summed E-state index contributed by atoms with van der Waals surface area (Å²) in [6, 6.07) is 7.28. The summed E-state index contributed by atoms with van der Waals surface area (Å²) in [7, 11) is 2.05. The number of imidazole rings is 1. The van der Waals surface area contributed by atoms with Gasteiger partial charge < -0.3 is 9.47 Å². The van der Waals surface area contributed by atoms with Crippen molar-refractivity contribution in [2.45, 2.75) is 51.2 Å². The van der Waals surface area contributed by atoms with Crippen molar-refractivity contribution in [3.8, 4) is 0 Å². The average Bonchev–Trinajstić information content (AvgIpc) is 3.26. The average molecular weight is 551 g/mol. The van der Waals surface area contributed by atoms with Crippen molar-refractivity contribution in [1.29, 1.82) is 0 Å². The van der Waals surface area contributed by atoms with Crippen molar-refractivity contribution in [2.75, 3.05) is 39.8 Å². The van der Waals surface area contributed by atoms with E-state index >= 15 is 0 Å². The zero-order valence-corrected chi connectivity index (χ0v) is 23.4. The molecule has 7 nitrogen and oxygen atoms in total. The Balaban J connectivity index is 1.25. The normalized spacial score (nSPS) is 24.2. The van der Waals surface area contributed by atoms with Crippen molar-refractivity contribution < 1.29 is 9.18 Å². The highest BCUT2D eigenvalue weighted by Gasteiger charge is 2.39. The molecule has 6 rings (SSSR count). The number of rotatable bonds is 4. The van der Waals surface area contributed by atoms with E-state index < -0.39 is 0 Å². The quantitative estimate of drug-likeness (QED) is 0.489. The van der Waals surface area contributed by atoms with Crippen LogP contribution >= 0.6 is 11.6 Å². The van der Waals surface area contributed by atoms with Crippen molar-refractivity contribution >= 4 is 17.5 Å². The summed E-state index contributed by atoms with van der Waals surface area (Å²) in [5, 5.41) is 0.703. The number of hydrogen-bond donors (Lipinski definition) is 0. The second-order valence-corrected chi connectivity index (χ2v) is 11.9. The number of fused-ring (bicyclic) bond motifs is 2. The fourth-order valence-corrected chi connectivity index (χ4v) is 6.87. The number of piperidine rings is 1. The minimum absolute atomic E-state index is 0.141. The SMILES string of the molecule is Cc1cn(C[C@H]2CCCN(C(=O)[C@H]3CN(C4c5ccc(Cl)cc5CCc5cc(F)cnc54)CCN3C)C2)cn1. The number of likely N-dealkylation sites (N-methyl/N-ethyl adjacent to an activating group) is 1. The fourth-order valence-electron chi connectivity index (χ4n) is 6.67. The van der Waals surface area contributed by atoms with Crippen LogP contribution in [0.1, 0.15) is 47.0 Å². The molecule has 3 atom stereocenters. The molecular weight excluding hydrogens is 515 g/mol. The number of hydrogen-bond acceptors (Lipinski definition) is 5. The highest BCUT2D eigenvalue weighted by atomic mass is 35.5. The molecule has 0 radical (unpaired) electrons. The number of aryl methyl sites for hydroxylation is 3. The van der Waals surface area contributed by atoms with E-state index in [2.05, 4.69) is 48.5 Å². The Hall–Kier alpha value is -2.81. The van der Waals surface area contributed by atoms with Gasteiger partial charge in [-0.25, -0.2) is 9.37 Å². The molecule has 1 aromatic carbocycles. The molecule has 206 valence electrons. The van der Waals surface area contributed by atoms with Crippen LogP contribution in [0.2, 0.25) is 5.02 Å². The van der Waals surface area contributed by atoms with Crippen molar-refractivity contribution in [1.82, 2.24) is 29.2 Å². The molecule has 0 saturated carbocycles. The third-order valence-corrected chi connectivity index (χ3v) is 8.92. The van der Waals surface area contributed by atoms with Gasteiger partial charge in [0.05, 0.1) is 30.0 Å². The predicted molar refractivity (Wildman–Crippen MR) is 149 cm³/mol. The number of halogens is 2. The van der Waals surface area contributed by atoms with E-state index in [1.165, 1.54) is 11.8 Å². The van der Waals surface area contributed by atoms with E-state index in [0.29, 0.717) is 23.9 Å². The first kappa shape index (κ1) is 26.4. The van der Waals surface area contributed by atoms with Crippen LogP contribution in [0.3, 0.4) is 0 Å². The molecule has 4 heterocycles. The molecule has 1 amide bonds. The van der Waals surface area contributed by atoms with Gasteiger partial charge in [0, 0.05) is 50.5 Å². The Morgan fingerprint density at radius 3 is 2.77 bits per heavy atom. The fraction of sp³-hybridized carbons (Fsp3) is 0.500. The minimum atomic E-state index is -0.312. The Labute approximate surface area is 234 Å². The molecule has 3 aliphatic rings. The van der Waals surface area contributed by atoms with E-state index in [9.17, 15) is 9.18 Å². The first-order chi connectivity index (χ1) is 18.9. The van der Waals surface area contributed by atoms with Crippen LogP contribution in [-0.2, 0) is 24.2 Å². The topological polar surface area (TPSA) is 57.5 Å². The maximum absolute atomic E-state index is 14.2. The standard InChI is InChI=1S/C30H36ClFN6O/c1-20-15-36(19-34-20)16-21-4-3-9-38(17-21)30(39)27-18-37(11-10-35(27)2)29-26-8-7-24(31)12-22(26)5-6-23-13-25(32)14-33-28(23)29/h7-8,12-15,19,21,27,29H,3-6,9-11,16-18H2,1-2H3/t21-,27-,29?/m1/s1. The van der Waals surface area contributed by atoms with Crippen molar-refractivity contribution in [3.05, 3.63) is 81.9 Å². The summed E-state index contributed by atoms with van der Waals surface area (Å²) < 4.78 is 16.4. The smallest absolute Gasteiger partial charge is 0.241 e. The molecule has 2 saturated heterocycles. The molecule has 1 aliphatic carbocycles. The predicted octanol–water partition coefficient (Wildman–Crippen LogP) is 4.12. The zero-order valence-electron chi connectivity index (χ0n) is 22.7. The van der Waals surface area contributed by atoms with Crippen LogP contribution in [0, 0.1) is 18.7 Å². The molecule has 0 bridgehead atoms. The number of carbonyl (C=O) groups is 1. The number of benzene rings is 1. The van der Waals surface area contributed by atoms with Gasteiger partial charge in [0.2, 0.25) is 5.91 Å². The van der Waals surface area contributed by atoms with Crippen LogP contribution in [0.5, 0.6) is 0 Å². The summed E-state index contributed by atoms with van der Waals surface area (Å²) in [5.74, 6) is 0.310. The van der Waals surface area contributed by atoms with Gasteiger partial charge in [0.15, 0.2) is 0 Å². The maximum atomic E-state index is 14.2. The number of piperazine rings is 1. The molecule has 2 fully saturated rings. The zero-order chi connectivity index (χ0) is 27.1. The third-order valence-electron chi connectivity index (χ3n) is 8.68. The number of aromatic nitrogens is 3. The largest absolute Gasteiger partial charge is 0.341 e. The number of amides is 1. The summed E-state index contributed by atoms with van der Waals surface area (Å²) in [6.45, 7) is 6.64. The highest BCUT2D eigenvalue weighted by molar-refractivity contribution is 6.30. The lowest BCUT2D eigenvalue weighted by Crippen LogP contribution is -2.60. The molecule has 0 spiro atoms. The molecular formula is C30H36ClFN6O. The Morgan fingerprint density at radius 2 is 1.95 bits per heavy atom. The van der Waals surface area contributed by atoms with Crippen LogP contribution in [-0.4, -0.2) is 81.0 Å². The monoisotopic (exact) mass is 550 g/mol. The molecule has 0 N–H and O–H groups in total. The first-order valence-electron chi connectivity index (χ1n) is 14.0.